The molecule has 0 saturated carbocycles. The Bertz CT molecular complexity index is 490. The quantitative estimate of drug-likeness (QED) is 0.620. The third-order valence-electron chi connectivity index (χ3n) is 2.05. The molecule has 0 aromatic rings. The van der Waals surface area contributed by atoms with Gasteiger partial charge < -0.3 is 9.84 Å². The minimum Gasteiger partial charge on any atom is -0.481 e. The van der Waals surface area contributed by atoms with Crippen molar-refractivity contribution in [3.63, 3.8) is 0 Å². The van der Waals surface area contributed by atoms with Gasteiger partial charge in [-0.1, -0.05) is 0 Å². The van der Waals surface area contributed by atoms with Crippen LogP contribution in [0.3, 0.4) is 0 Å². The van der Waals surface area contributed by atoms with E-state index in [-0.39, 0.29) is 25.7 Å². The zero-order valence-corrected chi connectivity index (χ0v) is 13.2. The zero-order chi connectivity index (χ0) is 16.7. The standard InChI is InChI=1S/C12H21NO7S/c1-12(2,3)20-11(17)7-6-9(14)13-21(18,19)8-4-5-10(15)16/h4-8H2,1-3H3,(H,13,14)(H,15,16). The fourth-order valence-corrected chi connectivity index (χ4v) is 2.37. The van der Waals surface area contributed by atoms with Crippen molar-refractivity contribution >= 4 is 27.9 Å². The van der Waals surface area contributed by atoms with E-state index in [1.54, 1.807) is 25.5 Å². The van der Waals surface area contributed by atoms with Crippen LogP contribution in [0.4, 0.5) is 0 Å². The molecule has 0 bridgehead atoms. The summed E-state index contributed by atoms with van der Waals surface area (Å²) >= 11 is 0. The first-order chi connectivity index (χ1) is 9.41. The molecule has 0 unspecified atom stereocenters. The van der Waals surface area contributed by atoms with Gasteiger partial charge in [0.1, 0.15) is 5.60 Å². The van der Waals surface area contributed by atoms with Gasteiger partial charge in [0, 0.05) is 12.8 Å². The molecule has 0 atom stereocenters. The maximum atomic E-state index is 11.5. The van der Waals surface area contributed by atoms with Crippen LogP contribution in [0.5, 0.6) is 0 Å². The summed E-state index contributed by atoms with van der Waals surface area (Å²) in [5.41, 5.74) is -0.670. The van der Waals surface area contributed by atoms with E-state index >= 15 is 0 Å². The summed E-state index contributed by atoms with van der Waals surface area (Å²) in [7, 11) is -3.87. The van der Waals surface area contributed by atoms with Gasteiger partial charge in [0.15, 0.2) is 0 Å². The van der Waals surface area contributed by atoms with Crippen LogP contribution in [0.15, 0.2) is 0 Å². The summed E-state index contributed by atoms with van der Waals surface area (Å²) in [5.74, 6) is -2.99. The highest BCUT2D eigenvalue weighted by molar-refractivity contribution is 7.90. The molecule has 0 heterocycles. The Morgan fingerprint density at radius 3 is 2.14 bits per heavy atom. The van der Waals surface area contributed by atoms with Crippen LogP contribution in [0.25, 0.3) is 0 Å². The monoisotopic (exact) mass is 323 g/mol. The van der Waals surface area contributed by atoms with E-state index in [9.17, 15) is 22.8 Å². The molecule has 9 heteroatoms. The Hall–Kier alpha value is -1.64. The van der Waals surface area contributed by atoms with Crippen LogP contribution in [-0.4, -0.2) is 42.7 Å². The molecule has 0 spiro atoms. The van der Waals surface area contributed by atoms with E-state index in [0.29, 0.717) is 0 Å². The summed E-state index contributed by atoms with van der Waals surface area (Å²) in [5, 5.41) is 8.40. The molecule has 0 aliphatic carbocycles. The van der Waals surface area contributed by atoms with Crippen LogP contribution in [0, 0.1) is 0 Å². The Balaban J connectivity index is 4.13. The van der Waals surface area contributed by atoms with Gasteiger partial charge in [-0.3, -0.25) is 19.1 Å². The molecule has 0 fully saturated rings. The van der Waals surface area contributed by atoms with E-state index in [1.165, 1.54) is 0 Å². The molecule has 0 saturated heterocycles. The second-order valence-electron chi connectivity index (χ2n) is 5.43. The summed E-state index contributed by atoms with van der Waals surface area (Å²) in [6.07, 6.45) is -0.933. The average Bonchev–Trinajstić information content (AvgIpc) is 2.22. The highest BCUT2D eigenvalue weighted by atomic mass is 32.2. The molecular formula is C12H21NO7S. The molecule has 0 rings (SSSR count). The molecule has 0 radical (unpaired) electrons. The van der Waals surface area contributed by atoms with Crippen molar-refractivity contribution in [3.05, 3.63) is 0 Å². The molecule has 0 aliphatic rings. The van der Waals surface area contributed by atoms with Crippen molar-refractivity contribution in [1.29, 1.82) is 0 Å². The number of amides is 1. The number of aliphatic carboxylic acids is 1. The minimum atomic E-state index is -3.87. The van der Waals surface area contributed by atoms with E-state index in [0.717, 1.165) is 0 Å². The van der Waals surface area contributed by atoms with E-state index in [1.807, 2.05) is 0 Å². The highest BCUT2D eigenvalue weighted by Crippen LogP contribution is 2.09. The molecule has 21 heavy (non-hydrogen) atoms. The average molecular weight is 323 g/mol. The van der Waals surface area contributed by atoms with Gasteiger partial charge in [0.25, 0.3) is 0 Å². The first-order valence-corrected chi connectivity index (χ1v) is 8.03. The topological polar surface area (TPSA) is 127 Å². The van der Waals surface area contributed by atoms with Crippen molar-refractivity contribution in [1.82, 2.24) is 4.72 Å². The largest absolute Gasteiger partial charge is 0.481 e. The minimum absolute atomic E-state index is 0.0932. The maximum Gasteiger partial charge on any atom is 0.306 e. The molecule has 2 N–H and O–H groups in total. The van der Waals surface area contributed by atoms with Crippen molar-refractivity contribution < 1.29 is 32.6 Å². The lowest BCUT2D eigenvalue weighted by Crippen LogP contribution is -2.33. The smallest absolute Gasteiger partial charge is 0.306 e. The van der Waals surface area contributed by atoms with Crippen molar-refractivity contribution in [3.8, 4) is 0 Å². The fraction of sp³-hybridized carbons (Fsp3) is 0.750. The lowest BCUT2D eigenvalue weighted by atomic mass is 10.2. The molecule has 0 aromatic heterocycles. The van der Waals surface area contributed by atoms with Gasteiger partial charge in [-0.25, -0.2) is 8.42 Å². The van der Waals surface area contributed by atoms with Crippen LogP contribution < -0.4 is 4.72 Å². The third-order valence-corrected chi connectivity index (χ3v) is 3.41. The summed E-state index contributed by atoms with van der Waals surface area (Å²) in [6, 6.07) is 0. The Morgan fingerprint density at radius 1 is 1.10 bits per heavy atom. The van der Waals surface area contributed by atoms with Gasteiger partial charge in [-0.15, -0.1) is 0 Å². The lowest BCUT2D eigenvalue weighted by molar-refractivity contribution is -0.155. The number of carboxylic acid groups (broad SMARTS) is 1. The number of nitrogens with one attached hydrogen (secondary N) is 1. The third kappa shape index (κ3) is 11.9. The van der Waals surface area contributed by atoms with Gasteiger partial charge in [0.2, 0.25) is 15.9 Å². The number of carboxylic acids is 1. The molecule has 0 aromatic carbocycles. The molecule has 122 valence electrons. The molecule has 8 nitrogen and oxygen atoms in total. The Morgan fingerprint density at radius 2 is 1.67 bits per heavy atom. The van der Waals surface area contributed by atoms with Crippen LogP contribution in [0.2, 0.25) is 0 Å². The molecular weight excluding hydrogens is 302 g/mol. The van der Waals surface area contributed by atoms with Gasteiger partial charge in [-0.2, -0.15) is 0 Å². The predicted molar refractivity (Wildman–Crippen MR) is 73.9 cm³/mol. The van der Waals surface area contributed by atoms with Crippen LogP contribution >= 0.6 is 0 Å². The molecule has 0 aliphatic heterocycles. The number of hydrogen-bond acceptors (Lipinski definition) is 6. The first-order valence-electron chi connectivity index (χ1n) is 6.38. The summed E-state index contributed by atoms with van der Waals surface area (Å²) in [6.45, 7) is 5.04. The number of hydrogen-bond donors (Lipinski definition) is 2. The van der Waals surface area contributed by atoms with E-state index in [2.05, 4.69) is 0 Å². The number of carbonyl (C=O) groups is 3. The number of carbonyl (C=O) groups excluding carboxylic acids is 2. The van der Waals surface area contributed by atoms with Crippen LogP contribution in [-0.2, 0) is 29.1 Å². The fourth-order valence-electron chi connectivity index (χ4n) is 1.30. The number of rotatable bonds is 8. The highest BCUT2D eigenvalue weighted by Gasteiger charge is 2.19. The van der Waals surface area contributed by atoms with Gasteiger partial charge >= 0.3 is 11.9 Å². The van der Waals surface area contributed by atoms with Crippen molar-refractivity contribution in [2.45, 2.75) is 52.1 Å². The van der Waals surface area contributed by atoms with Crippen LogP contribution in [0.1, 0.15) is 46.5 Å². The van der Waals surface area contributed by atoms with E-state index in [4.69, 9.17) is 9.84 Å². The van der Waals surface area contributed by atoms with Gasteiger partial charge in [0.05, 0.1) is 12.2 Å². The summed E-state index contributed by atoms with van der Waals surface area (Å²) in [4.78, 5) is 33.0. The first kappa shape index (κ1) is 19.4. The van der Waals surface area contributed by atoms with Gasteiger partial charge in [-0.05, 0) is 27.2 Å². The van der Waals surface area contributed by atoms with E-state index < -0.39 is 39.2 Å². The number of sulfonamides is 1. The zero-order valence-electron chi connectivity index (χ0n) is 12.3. The Kier molecular flexibility index (Phi) is 7.34. The normalized spacial score (nSPS) is 11.8. The van der Waals surface area contributed by atoms with Crippen molar-refractivity contribution in [2.75, 3.05) is 5.75 Å². The second kappa shape index (κ2) is 7.96. The molecule has 1 amide bonds. The lowest BCUT2D eigenvalue weighted by Gasteiger charge is -2.19. The SMILES string of the molecule is CC(C)(C)OC(=O)CCC(=O)NS(=O)(=O)CCCC(=O)O. The number of esters is 1. The maximum absolute atomic E-state index is 11.5. The predicted octanol–water partition coefficient (Wildman–Crippen LogP) is 0.419. The Labute approximate surface area is 123 Å². The van der Waals surface area contributed by atoms with Crippen molar-refractivity contribution in [2.24, 2.45) is 0 Å². The number of ether oxygens (including phenoxy) is 1. The summed E-state index contributed by atoms with van der Waals surface area (Å²) < 4.78 is 29.7. The second-order valence-corrected chi connectivity index (χ2v) is 7.27.